The fourth-order valence-corrected chi connectivity index (χ4v) is 1.98. The van der Waals surface area contributed by atoms with E-state index in [1.807, 2.05) is 13.8 Å². The minimum Gasteiger partial charge on any atom is -0.467 e. The number of carbonyl (C=O) groups excluding carboxylic acids is 4. The van der Waals surface area contributed by atoms with Crippen LogP contribution < -0.4 is 5.32 Å². The third kappa shape index (κ3) is 5.71. The normalized spacial score (nSPS) is 18.5. The molecule has 124 valence electrons. The van der Waals surface area contributed by atoms with Gasteiger partial charge in [0.15, 0.2) is 12.7 Å². The van der Waals surface area contributed by atoms with Gasteiger partial charge in [0.05, 0.1) is 7.11 Å². The summed E-state index contributed by atoms with van der Waals surface area (Å²) in [5.41, 5.74) is 0. The van der Waals surface area contributed by atoms with E-state index in [1.165, 1.54) is 7.11 Å². The molecule has 0 saturated carbocycles. The van der Waals surface area contributed by atoms with Crippen molar-refractivity contribution in [3.63, 3.8) is 0 Å². The van der Waals surface area contributed by atoms with Crippen molar-refractivity contribution in [2.75, 3.05) is 13.7 Å². The summed E-state index contributed by atoms with van der Waals surface area (Å²) in [6.07, 6.45) is -0.137. The Labute approximate surface area is 128 Å². The molecule has 1 heterocycles. The molecule has 0 bridgehead atoms. The van der Waals surface area contributed by atoms with Crippen LogP contribution in [0.5, 0.6) is 0 Å². The maximum atomic E-state index is 11.7. The first kappa shape index (κ1) is 17.9. The molecule has 0 spiro atoms. The van der Waals surface area contributed by atoms with Crippen molar-refractivity contribution < 1.29 is 33.4 Å². The van der Waals surface area contributed by atoms with Crippen LogP contribution in [0.4, 0.5) is 0 Å². The molecule has 1 fully saturated rings. The lowest BCUT2D eigenvalue weighted by Crippen LogP contribution is -2.44. The van der Waals surface area contributed by atoms with Crippen LogP contribution in [-0.2, 0) is 33.4 Å². The summed E-state index contributed by atoms with van der Waals surface area (Å²) in [7, 11) is 1.23. The molecule has 0 aromatic heterocycles. The summed E-state index contributed by atoms with van der Waals surface area (Å²) < 4.78 is 14.1. The molecule has 1 aliphatic heterocycles. The SMILES string of the molecule is COC(=O)[C@H](CC(C)C)NC(=O)COC(=O)[C@H]1CCC(=O)O1. The number of carbonyl (C=O) groups is 4. The van der Waals surface area contributed by atoms with Gasteiger partial charge in [-0.05, 0) is 12.3 Å². The summed E-state index contributed by atoms with van der Waals surface area (Å²) in [5, 5.41) is 2.46. The van der Waals surface area contributed by atoms with Gasteiger partial charge in [-0.2, -0.15) is 0 Å². The zero-order valence-electron chi connectivity index (χ0n) is 12.9. The van der Waals surface area contributed by atoms with Gasteiger partial charge in [-0.15, -0.1) is 0 Å². The minimum atomic E-state index is -0.952. The van der Waals surface area contributed by atoms with E-state index in [0.29, 0.717) is 6.42 Å². The summed E-state index contributed by atoms with van der Waals surface area (Å²) in [5.74, 6) is -2.23. The molecule has 0 aromatic rings. The van der Waals surface area contributed by atoms with Gasteiger partial charge in [0.1, 0.15) is 6.04 Å². The zero-order valence-corrected chi connectivity index (χ0v) is 12.9. The fourth-order valence-electron chi connectivity index (χ4n) is 1.98. The number of hydrogen-bond donors (Lipinski definition) is 1. The van der Waals surface area contributed by atoms with E-state index in [9.17, 15) is 19.2 Å². The monoisotopic (exact) mass is 315 g/mol. The molecular formula is C14H21NO7. The van der Waals surface area contributed by atoms with Crippen LogP contribution in [0.1, 0.15) is 33.1 Å². The average Bonchev–Trinajstić information content (AvgIpc) is 2.89. The Balaban J connectivity index is 2.41. The first-order chi connectivity index (χ1) is 10.3. The maximum absolute atomic E-state index is 11.7. The third-order valence-corrected chi connectivity index (χ3v) is 3.02. The van der Waals surface area contributed by atoms with Crippen LogP contribution in [-0.4, -0.2) is 49.7 Å². The fraction of sp³-hybridized carbons (Fsp3) is 0.714. The Morgan fingerprint density at radius 2 is 2.05 bits per heavy atom. The standard InChI is InChI=1S/C14H21NO7/c1-8(2)6-9(13(18)20-3)15-11(16)7-21-14(19)10-4-5-12(17)22-10/h8-10H,4-7H2,1-3H3,(H,15,16)/t9-,10+/m0/s1. The molecule has 0 aliphatic carbocycles. The second kappa shape index (κ2) is 8.35. The quantitative estimate of drug-likeness (QED) is 0.518. The highest BCUT2D eigenvalue weighted by Crippen LogP contribution is 2.14. The minimum absolute atomic E-state index is 0.158. The van der Waals surface area contributed by atoms with Gasteiger partial charge in [-0.1, -0.05) is 13.8 Å². The Morgan fingerprint density at radius 3 is 2.55 bits per heavy atom. The van der Waals surface area contributed by atoms with Gasteiger partial charge in [-0.25, -0.2) is 9.59 Å². The zero-order chi connectivity index (χ0) is 16.7. The van der Waals surface area contributed by atoms with E-state index in [2.05, 4.69) is 10.1 Å². The van der Waals surface area contributed by atoms with Crippen molar-refractivity contribution in [2.45, 2.75) is 45.3 Å². The van der Waals surface area contributed by atoms with Crippen molar-refractivity contribution in [3.8, 4) is 0 Å². The first-order valence-electron chi connectivity index (χ1n) is 7.06. The number of cyclic esters (lactones) is 1. The van der Waals surface area contributed by atoms with E-state index in [1.54, 1.807) is 0 Å². The molecule has 1 amide bonds. The lowest BCUT2D eigenvalue weighted by atomic mass is 10.0. The topological polar surface area (TPSA) is 108 Å². The van der Waals surface area contributed by atoms with E-state index >= 15 is 0 Å². The predicted octanol–water partition coefficient (Wildman–Crippen LogP) is -0.0609. The van der Waals surface area contributed by atoms with Gasteiger partial charge in [0, 0.05) is 12.8 Å². The molecule has 1 N–H and O–H groups in total. The van der Waals surface area contributed by atoms with E-state index < -0.39 is 42.6 Å². The highest BCUT2D eigenvalue weighted by molar-refractivity contribution is 5.87. The molecule has 0 aromatic carbocycles. The highest BCUT2D eigenvalue weighted by atomic mass is 16.6. The van der Waals surface area contributed by atoms with E-state index in [-0.39, 0.29) is 18.8 Å². The van der Waals surface area contributed by atoms with Crippen LogP contribution in [0.2, 0.25) is 0 Å². The van der Waals surface area contributed by atoms with E-state index in [0.717, 1.165) is 0 Å². The van der Waals surface area contributed by atoms with Crippen LogP contribution in [0.15, 0.2) is 0 Å². The number of esters is 3. The number of methoxy groups -OCH3 is 1. The Kier molecular flexibility index (Phi) is 6.81. The number of ether oxygens (including phenoxy) is 3. The summed E-state index contributed by atoms with van der Waals surface area (Å²) in [6, 6.07) is -0.791. The molecule has 1 saturated heterocycles. The second-order valence-electron chi connectivity index (χ2n) is 5.40. The lowest BCUT2D eigenvalue weighted by Gasteiger charge is -2.18. The Morgan fingerprint density at radius 1 is 1.36 bits per heavy atom. The third-order valence-electron chi connectivity index (χ3n) is 3.02. The Bertz CT molecular complexity index is 446. The maximum Gasteiger partial charge on any atom is 0.347 e. The second-order valence-corrected chi connectivity index (χ2v) is 5.40. The molecule has 8 nitrogen and oxygen atoms in total. The summed E-state index contributed by atoms with van der Waals surface area (Å²) in [4.78, 5) is 45.8. The van der Waals surface area contributed by atoms with Crippen molar-refractivity contribution in [1.82, 2.24) is 5.32 Å². The first-order valence-corrected chi connectivity index (χ1v) is 7.06. The molecule has 0 unspecified atom stereocenters. The molecular weight excluding hydrogens is 294 g/mol. The number of amides is 1. The summed E-state index contributed by atoms with van der Waals surface area (Å²) in [6.45, 7) is 3.26. The van der Waals surface area contributed by atoms with Crippen molar-refractivity contribution >= 4 is 23.8 Å². The molecule has 1 rings (SSSR count). The molecule has 1 aliphatic rings. The number of nitrogens with one attached hydrogen (secondary N) is 1. The number of hydrogen-bond acceptors (Lipinski definition) is 7. The van der Waals surface area contributed by atoms with Gasteiger partial charge in [0.25, 0.3) is 5.91 Å². The molecule has 22 heavy (non-hydrogen) atoms. The predicted molar refractivity (Wildman–Crippen MR) is 73.5 cm³/mol. The van der Waals surface area contributed by atoms with Gasteiger partial charge < -0.3 is 19.5 Å². The van der Waals surface area contributed by atoms with Crippen molar-refractivity contribution in [2.24, 2.45) is 5.92 Å². The Hall–Kier alpha value is -2.12. The van der Waals surface area contributed by atoms with Gasteiger partial charge in [-0.3, -0.25) is 9.59 Å². The van der Waals surface area contributed by atoms with Crippen LogP contribution in [0.3, 0.4) is 0 Å². The number of rotatable bonds is 7. The smallest absolute Gasteiger partial charge is 0.347 e. The highest BCUT2D eigenvalue weighted by Gasteiger charge is 2.31. The molecule has 8 heteroatoms. The van der Waals surface area contributed by atoms with E-state index in [4.69, 9.17) is 9.47 Å². The van der Waals surface area contributed by atoms with Crippen LogP contribution >= 0.6 is 0 Å². The molecule has 2 atom stereocenters. The lowest BCUT2D eigenvalue weighted by molar-refractivity contribution is -0.163. The summed E-state index contributed by atoms with van der Waals surface area (Å²) >= 11 is 0. The average molecular weight is 315 g/mol. The van der Waals surface area contributed by atoms with Crippen molar-refractivity contribution in [1.29, 1.82) is 0 Å². The van der Waals surface area contributed by atoms with Gasteiger partial charge >= 0.3 is 17.9 Å². The molecule has 0 radical (unpaired) electrons. The van der Waals surface area contributed by atoms with Gasteiger partial charge in [0.2, 0.25) is 0 Å². The van der Waals surface area contributed by atoms with Crippen LogP contribution in [0, 0.1) is 5.92 Å². The van der Waals surface area contributed by atoms with Crippen molar-refractivity contribution in [3.05, 3.63) is 0 Å². The largest absolute Gasteiger partial charge is 0.467 e. The van der Waals surface area contributed by atoms with Crippen LogP contribution in [0.25, 0.3) is 0 Å².